The molecule has 4 heterocycles. The molecule has 1 aromatic carbocycles. The molecule has 0 aliphatic carbocycles. The Bertz CT molecular complexity index is 1670. The van der Waals surface area contributed by atoms with E-state index >= 15 is 4.39 Å². The monoisotopic (exact) mass is 648 g/mol. The number of benzene rings is 1. The van der Waals surface area contributed by atoms with Crippen molar-refractivity contribution in [3.63, 3.8) is 0 Å². The predicted molar refractivity (Wildman–Crippen MR) is 164 cm³/mol. The number of nitrogens with zero attached hydrogens (tertiary/aromatic N) is 6. The number of piperidine rings is 1. The molecule has 0 radical (unpaired) electrons. The van der Waals surface area contributed by atoms with Crippen molar-refractivity contribution in [2.24, 2.45) is 0 Å². The first-order valence-corrected chi connectivity index (χ1v) is 15.1. The number of amides is 1. The molecule has 2 atom stereocenters. The highest BCUT2D eigenvalue weighted by atomic mass is 19.4. The van der Waals surface area contributed by atoms with E-state index < -0.39 is 36.4 Å². The van der Waals surface area contributed by atoms with Gasteiger partial charge < -0.3 is 24.5 Å². The van der Waals surface area contributed by atoms with Crippen LogP contribution in [0, 0.1) is 0 Å². The summed E-state index contributed by atoms with van der Waals surface area (Å²) in [5, 5.41) is 14.6. The van der Waals surface area contributed by atoms with E-state index in [1.54, 1.807) is 42.3 Å². The second kappa shape index (κ2) is 12.7. The average molecular weight is 649 g/mol. The molecule has 0 unspecified atom stereocenters. The third-order valence-corrected chi connectivity index (χ3v) is 8.17. The van der Waals surface area contributed by atoms with Gasteiger partial charge in [0.2, 0.25) is 11.7 Å². The van der Waals surface area contributed by atoms with Crippen molar-refractivity contribution in [1.82, 2.24) is 34.7 Å². The molecule has 1 aliphatic heterocycles. The molecule has 5 rings (SSSR count). The van der Waals surface area contributed by atoms with Gasteiger partial charge in [-0.2, -0.15) is 23.3 Å². The number of aromatic nitrogens is 5. The van der Waals surface area contributed by atoms with Crippen molar-refractivity contribution in [3.8, 4) is 11.5 Å². The topological polar surface area (TPSA) is 115 Å². The van der Waals surface area contributed by atoms with Crippen molar-refractivity contribution in [2.45, 2.75) is 83.6 Å². The van der Waals surface area contributed by atoms with Crippen LogP contribution < -0.4 is 10.6 Å². The summed E-state index contributed by atoms with van der Waals surface area (Å²) < 4.78 is 69.8. The van der Waals surface area contributed by atoms with Gasteiger partial charge in [-0.15, -0.1) is 0 Å². The second-order valence-electron chi connectivity index (χ2n) is 13.3. The highest BCUT2D eigenvalue weighted by Gasteiger charge is 2.35. The Balaban J connectivity index is 1.36. The summed E-state index contributed by atoms with van der Waals surface area (Å²) in [7, 11) is 1.58. The first-order valence-electron chi connectivity index (χ1n) is 15.1. The number of likely N-dealkylation sites (tertiary alicyclic amines) is 1. The van der Waals surface area contributed by atoms with Crippen molar-refractivity contribution in [2.75, 3.05) is 32.1 Å². The Morgan fingerprint density at radius 3 is 2.61 bits per heavy atom. The Kier molecular flexibility index (Phi) is 9.19. The summed E-state index contributed by atoms with van der Waals surface area (Å²) in [6, 6.07) is 5.97. The lowest BCUT2D eigenvalue weighted by Gasteiger charge is -2.42. The normalized spacial score (nSPS) is 18.3. The first-order chi connectivity index (χ1) is 21.6. The molecule has 4 aromatic rings. The third-order valence-electron chi connectivity index (χ3n) is 8.17. The van der Waals surface area contributed by atoms with Gasteiger partial charge in [0.1, 0.15) is 12.7 Å². The fraction of sp³-hybridized carbons (Fsp3) is 0.548. The fourth-order valence-electron chi connectivity index (χ4n) is 5.70. The van der Waals surface area contributed by atoms with E-state index in [9.17, 15) is 18.0 Å². The molecule has 1 aliphatic rings. The van der Waals surface area contributed by atoms with Crippen molar-refractivity contribution in [1.29, 1.82) is 0 Å². The third kappa shape index (κ3) is 7.35. The number of alkyl halides is 4. The number of hydrogen-bond acceptors (Lipinski definition) is 8. The van der Waals surface area contributed by atoms with Gasteiger partial charge in [-0.25, -0.2) is 4.39 Å². The summed E-state index contributed by atoms with van der Waals surface area (Å²) >= 11 is 0. The van der Waals surface area contributed by atoms with Gasteiger partial charge in [-0.3, -0.25) is 14.4 Å². The lowest BCUT2D eigenvalue weighted by Crippen LogP contribution is -2.54. The number of nitrogens with one attached hydrogen (secondary N) is 2. The van der Waals surface area contributed by atoms with Crippen LogP contribution in [0.25, 0.3) is 22.4 Å². The number of fused-ring (bicyclic) bond motifs is 1. The Morgan fingerprint density at radius 1 is 1.17 bits per heavy atom. The van der Waals surface area contributed by atoms with Crippen LogP contribution in [0.15, 0.2) is 41.2 Å². The lowest BCUT2D eigenvalue weighted by molar-refractivity contribution is -0.139. The van der Waals surface area contributed by atoms with Gasteiger partial charge in [0, 0.05) is 43.0 Å². The molecular weight excluding hydrogens is 608 g/mol. The molecule has 15 heteroatoms. The quantitative estimate of drug-likeness (QED) is 0.220. The maximum Gasteiger partial charge on any atom is 0.406 e. The molecule has 1 amide bonds. The first kappa shape index (κ1) is 33.4. The number of anilines is 1. The summed E-state index contributed by atoms with van der Waals surface area (Å²) in [5.74, 6) is -0.518. The van der Waals surface area contributed by atoms with E-state index in [0.717, 1.165) is 4.57 Å². The molecule has 1 saturated heterocycles. The van der Waals surface area contributed by atoms with Crippen LogP contribution in [0.5, 0.6) is 0 Å². The zero-order valence-corrected chi connectivity index (χ0v) is 26.8. The summed E-state index contributed by atoms with van der Waals surface area (Å²) in [4.78, 5) is 19.1. The number of carbonyl (C=O) groups excluding carboxylic acids is 1. The van der Waals surface area contributed by atoms with Gasteiger partial charge >= 0.3 is 6.18 Å². The highest BCUT2D eigenvalue weighted by Crippen LogP contribution is 2.35. The van der Waals surface area contributed by atoms with E-state index in [1.807, 2.05) is 34.6 Å². The second-order valence-corrected chi connectivity index (χ2v) is 13.3. The minimum absolute atomic E-state index is 0.00324. The molecular formula is C31H40F4N8O3. The van der Waals surface area contributed by atoms with Crippen LogP contribution in [-0.4, -0.2) is 86.0 Å². The van der Waals surface area contributed by atoms with Gasteiger partial charge in [-0.1, -0.05) is 11.2 Å². The van der Waals surface area contributed by atoms with E-state index in [4.69, 9.17) is 9.26 Å². The minimum atomic E-state index is -4.54. The Hall–Kier alpha value is -3.98. The minimum Gasteiger partial charge on any atom is -0.382 e. The molecule has 0 saturated carbocycles. The van der Waals surface area contributed by atoms with E-state index in [0.29, 0.717) is 36.2 Å². The molecule has 11 nitrogen and oxygen atoms in total. The summed E-state index contributed by atoms with van der Waals surface area (Å²) in [6.45, 7) is 9.82. The van der Waals surface area contributed by atoms with Crippen LogP contribution in [0.1, 0.15) is 57.3 Å². The SMILES string of the molecule is COCC(C)(C)n1cc(C(=O)NCc2nc(-c3cc4c(N[C@@H]5CCN(C(C)(C)C)C[C@H]5F)cccc4n3CC(F)(F)F)no2)cn1. The Labute approximate surface area is 264 Å². The number of carbonyl (C=O) groups is 1. The fourth-order valence-corrected chi connectivity index (χ4v) is 5.70. The summed E-state index contributed by atoms with van der Waals surface area (Å²) in [6.07, 6.45) is -2.16. The largest absolute Gasteiger partial charge is 0.406 e. The number of methoxy groups -OCH3 is 1. The number of hydrogen-bond donors (Lipinski definition) is 2. The number of ether oxygens (including phenoxy) is 1. The van der Waals surface area contributed by atoms with Gasteiger partial charge in [0.05, 0.1) is 47.7 Å². The molecule has 1 fully saturated rings. The predicted octanol–water partition coefficient (Wildman–Crippen LogP) is 5.38. The summed E-state index contributed by atoms with van der Waals surface area (Å²) in [5.41, 5.74) is 0.527. The van der Waals surface area contributed by atoms with Crippen LogP contribution in [0.3, 0.4) is 0 Å². The van der Waals surface area contributed by atoms with E-state index in [1.165, 1.54) is 6.20 Å². The highest BCUT2D eigenvalue weighted by molar-refractivity contribution is 5.96. The van der Waals surface area contributed by atoms with Gasteiger partial charge in [-0.05, 0) is 59.2 Å². The van der Waals surface area contributed by atoms with Crippen molar-refractivity contribution in [3.05, 3.63) is 48.1 Å². The zero-order chi connectivity index (χ0) is 33.4. The Morgan fingerprint density at radius 2 is 1.93 bits per heavy atom. The van der Waals surface area contributed by atoms with Crippen LogP contribution in [0.2, 0.25) is 0 Å². The van der Waals surface area contributed by atoms with Gasteiger partial charge in [0.25, 0.3) is 5.91 Å². The smallest absolute Gasteiger partial charge is 0.382 e. The number of halogens is 4. The molecule has 3 aromatic heterocycles. The van der Waals surface area contributed by atoms with E-state index in [2.05, 4.69) is 30.8 Å². The zero-order valence-electron chi connectivity index (χ0n) is 26.8. The maximum atomic E-state index is 15.3. The molecule has 0 spiro atoms. The van der Waals surface area contributed by atoms with Gasteiger partial charge in [0.15, 0.2) is 0 Å². The van der Waals surface area contributed by atoms with Crippen LogP contribution in [-0.2, 0) is 23.4 Å². The standard InChI is InChI=1S/C31H40F4N8O3/c1-29(2,3)41-11-10-23(21(32)16-41)38-22-8-7-9-24-20(22)12-25(42(24)17-31(33,34)35)27-39-26(46-40-27)14-36-28(44)19-13-37-43(15-19)30(4,5)18-45-6/h7-9,12-13,15,21,23,38H,10-11,14,16-18H2,1-6H3,(H,36,44)/t21-,23-/m1/s1. The van der Waals surface area contributed by atoms with Crippen LogP contribution >= 0.6 is 0 Å². The lowest BCUT2D eigenvalue weighted by atomic mass is 9.96. The number of rotatable bonds is 10. The maximum absolute atomic E-state index is 15.3. The average Bonchev–Trinajstić information content (AvgIpc) is 3.71. The van der Waals surface area contributed by atoms with Crippen LogP contribution in [0.4, 0.5) is 23.2 Å². The van der Waals surface area contributed by atoms with Crippen molar-refractivity contribution < 1.29 is 31.6 Å². The molecule has 0 bridgehead atoms. The van der Waals surface area contributed by atoms with E-state index in [-0.39, 0.29) is 41.6 Å². The molecule has 2 N–H and O–H groups in total. The molecule has 46 heavy (non-hydrogen) atoms. The van der Waals surface area contributed by atoms with Crippen molar-refractivity contribution >= 4 is 22.5 Å². The molecule has 250 valence electrons.